The third-order valence-corrected chi connectivity index (χ3v) is 3.37. The number of ether oxygens (including phenoxy) is 1. The minimum absolute atomic E-state index is 0.162. The van der Waals surface area contributed by atoms with Crippen molar-refractivity contribution < 1.29 is 9.53 Å². The maximum Gasteiger partial charge on any atom is 0.310 e. The van der Waals surface area contributed by atoms with Crippen LogP contribution in [0.15, 0.2) is 27.1 Å². The van der Waals surface area contributed by atoms with Gasteiger partial charge in [-0.05, 0) is 41.1 Å². The molecule has 17 heavy (non-hydrogen) atoms. The Bertz CT molecular complexity index is 396. The number of anilines is 1. The SMILES string of the molecule is CCOC(=O)C(C)CNc1ccc(Br)cc1Br. The number of halogens is 2. The van der Waals surface area contributed by atoms with Gasteiger partial charge in [-0.2, -0.15) is 0 Å². The Morgan fingerprint density at radius 3 is 2.76 bits per heavy atom. The summed E-state index contributed by atoms with van der Waals surface area (Å²) in [5.41, 5.74) is 0.962. The van der Waals surface area contributed by atoms with Crippen LogP contribution < -0.4 is 5.32 Å². The summed E-state index contributed by atoms with van der Waals surface area (Å²) >= 11 is 6.84. The molecule has 5 heteroatoms. The molecule has 0 spiro atoms. The molecule has 0 aromatic heterocycles. The molecule has 0 saturated heterocycles. The molecule has 0 amide bonds. The Morgan fingerprint density at radius 2 is 2.18 bits per heavy atom. The highest BCUT2D eigenvalue weighted by molar-refractivity contribution is 9.11. The summed E-state index contributed by atoms with van der Waals surface area (Å²) in [5, 5.41) is 3.21. The van der Waals surface area contributed by atoms with Crippen LogP contribution in [0.2, 0.25) is 0 Å². The largest absolute Gasteiger partial charge is 0.466 e. The van der Waals surface area contributed by atoms with E-state index in [1.165, 1.54) is 0 Å². The minimum atomic E-state index is -0.173. The topological polar surface area (TPSA) is 38.3 Å². The second kappa shape index (κ2) is 7.01. The van der Waals surface area contributed by atoms with Crippen LogP contribution in [-0.4, -0.2) is 19.1 Å². The van der Waals surface area contributed by atoms with Crippen molar-refractivity contribution >= 4 is 43.5 Å². The molecular weight excluding hydrogens is 350 g/mol. The average molecular weight is 365 g/mol. The molecule has 1 N–H and O–H groups in total. The van der Waals surface area contributed by atoms with Crippen molar-refractivity contribution in [3.05, 3.63) is 27.1 Å². The summed E-state index contributed by atoms with van der Waals surface area (Å²) in [6.45, 7) is 4.63. The van der Waals surface area contributed by atoms with E-state index in [-0.39, 0.29) is 11.9 Å². The fraction of sp³-hybridized carbons (Fsp3) is 0.417. The van der Waals surface area contributed by atoms with Gasteiger partial charge in [-0.3, -0.25) is 4.79 Å². The van der Waals surface area contributed by atoms with Crippen LogP contribution >= 0.6 is 31.9 Å². The number of hydrogen-bond acceptors (Lipinski definition) is 3. The third kappa shape index (κ3) is 4.68. The molecule has 0 saturated carbocycles. The molecule has 1 atom stereocenters. The van der Waals surface area contributed by atoms with Gasteiger partial charge in [-0.1, -0.05) is 22.9 Å². The van der Waals surface area contributed by atoms with E-state index in [0.29, 0.717) is 13.2 Å². The van der Waals surface area contributed by atoms with Gasteiger partial charge in [0.2, 0.25) is 0 Å². The summed E-state index contributed by atoms with van der Waals surface area (Å²) in [6.07, 6.45) is 0. The first-order chi connectivity index (χ1) is 8.04. The lowest BCUT2D eigenvalue weighted by Crippen LogP contribution is -2.22. The van der Waals surface area contributed by atoms with Crippen LogP contribution in [0, 0.1) is 5.92 Å². The van der Waals surface area contributed by atoms with Gasteiger partial charge in [0.05, 0.1) is 12.5 Å². The van der Waals surface area contributed by atoms with Crippen molar-refractivity contribution in [1.29, 1.82) is 0 Å². The van der Waals surface area contributed by atoms with E-state index in [9.17, 15) is 4.79 Å². The van der Waals surface area contributed by atoms with Gasteiger partial charge < -0.3 is 10.1 Å². The summed E-state index contributed by atoms with van der Waals surface area (Å²) in [6, 6.07) is 5.85. The average Bonchev–Trinajstić information content (AvgIpc) is 2.27. The number of carbonyl (C=O) groups excluding carboxylic acids is 1. The van der Waals surface area contributed by atoms with E-state index >= 15 is 0 Å². The molecule has 0 heterocycles. The Balaban J connectivity index is 2.52. The number of nitrogens with one attached hydrogen (secondary N) is 1. The van der Waals surface area contributed by atoms with Gasteiger partial charge in [0.1, 0.15) is 0 Å². The molecule has 1 aromatic rings. The first kappa shape index (κ1) is 14.5. The zero-order chi connectivity index (χ0) is 12.8. The monoisotopic (exact) mass is 363 g/mol. The summed E-state index contributed by atoms with van der Waals surface area (Å²) < 4.78 is 6.91. The number of rotatable bonds is 5. The fourth-order valence-electron chi connectivity index (χ4n) is 1.26. The predicted octanol–water partition coefficient (Wildman–Crippen LogP) is 3.82. The molecule has 0 bridgehead atoms. The number of hydrogen-bond donors (Lipinski definition) is 1. The lowest BCUT2D eigenvalue weighted by Gasteiger charge is -2.13. The molecule has 0 aliphatic carbocycles. The molecule has 94 valence electrons. The van der Waals surface area contributed by atoms with Crippen LogP contribution in [0.3, 0.4) is 0 Å². The van der Waals surface area contributed by atoms with E-state index in [0.717, 1.165) is 14.6 Å². The molecule has 1 unspecified atom stereocenters. The summed E-state index contributed by atoms with van der Waals surface area (Å²) in [7, 11) is 0. The van der Waals surface area contributed by atoms with Crippen molar-refractivity contribution in [2.24, 2.45) is 5.92 Å². The quantitative estimate of drug-likeness (QED) is 0.807. The first-order valence-corrected chi connectivity index (χ1v) is 6.98. The van der Waals surface area contributed by atoms with E-state index in [4.69, 9.17) is 4.74 Å². The normalized spacial score (nSPS) is 12.0. The summed E-state index contributed by atoms with van der Waals surface area (Å²) in [4.78, 5) is 11.4. The third-order valence-electron chi connectivity index (χ3n) is 2.22. The van der Waals surface area contributed by atoms with Crippen molar-refractivity contribution in [2.45, 2.75) is 13.8 Å². The second-order valence-electron chi connectivity index (χ2n) is 3.66. The van der Waals surface area contributed by atoms with Crippen LogP contribution in [0.5, 0.6) is 0 Å². The Morgan fingerprint density at radius 1 is 1.47 bits per heavy atom. The molecule has 3 nitrogen and oxygen atoms in total. The van der Waals surface area contributed by atoms with Crippen molar-refractivity contribution in [2.75, 3.05) is 18.5 Å². The molecule has 0 radical (unpaired) electrons. The second-order valence-corrected chi connectivity index (χ2v) is 5.43. The maximum atomic E-state index is 11.4. The predicted molar refractivity (Wildman–Crippen MR) is 76.1 cm³/mol. The Hall–Kier alpha value is -0.550. The highest BCUT2D eigenvalue weighted by atomic mass is 79.9. The van der Waals surface area contributed by atoms with Crippen LogP contribution in [0.4, 0.5) is 5.69 Å². The molecular formula is C12H15Br2NO2. The molecule has 1 aromatic carbocycles. The number of benzene rings is 1. The molecule has 1 rings (SSSR count). The van der Waals surface area contributed by atoms with E-state index < -0.39 is 0 Å². The zero-order valence-corrected chi connectivity index (χ0v) is 13.0. The van der Waals surface area contributed by atoms with E-state index in [1.54, 1.807) is 0 Å². The Kier molecular flexibility index (Phi) is 5.98. The van der Waals surface area contributed by atoms with Gasteiger partial charge in [0, 0.05) is 21.2 Å². The minimum Gasteiger partial charge on any atom is -0.466 e. The van der Waals surface area contributed by atoms with Gasteiger partial charge >= 0.3 is 5.97 Å². The number of carbonyl (C=O) groups is 1. The summed E-state index contributed by atoms with van der Waals surface area (Å²) in [5.74, 6) is -0.335. The maximum absolute atomic E-state index is 11.4. The van der Waals surface area contributed by atoms with Gasteiger partial charge in [0.25, 0.3) is 0 Å². The number of esters is 1. The highest BCUT2D eigenvalue weighted by Crippen LogP contribution is 2.26. The molecule has 0 aliphatic heterocycles. The molecule has 0 fully saturated rings. The van der Waals surface area contributed by atoms with Crippen molar-refractivity contribution in [3.8, 4) is 0 Å². The first-order valence-electron chi connectivity index (χ1n) is 5.40. The van der Waals surface area contributed by atoms with Gasteiger partial charge in [0.15, 0.2) is 0 Å². The molecule has 0 aliphatic rings. The van der Waals surface area contributed by atoms with Crippen molar-refractivity contribution in [3.63, 3.8) is 0 Å². The lowest BCUT2D eigenvalue weighted by molar-refractivity contribution is -0.146. The van der Waals surface area contributed by atoms with E-state index in [2.05, 4.69) is 37.2 Å². The Labute approximate surface area is 118 Å². The lowest BCUT2D eigenvalue weighted by atomic mass is 10.2. The standard InChI is InChI=1S/C12H15Br2NO2/c1-3-17-12(16)8(2)7-15-11-5-4-9(13)6-10(11)14/h4-6,8,15H,3,7H2,1-2H3. The van der Waals surface area contributed by atoms with Crippen LogP contribution in [0.1, 0.15) is 13.8 Å². The van der Waals surface area contributed by atoms with Gasteiger partial charge in [-0.15, -0.1) is 0 Å². The van der Waals surface area contributed by atoms with Crippen molar-refractivity contribution in [1.82, 2.24) is 0 Å². The highest BCUT2D eigenvalue weighted by Gasteiger charge is 2.13. The van der Waals surface area contributed by atoms with Crippen LogP contribution in [0.25, 0.3) is 0 Å². The van der Waals surface area contributed by atoms with E-state index in [1.807, 2.05) is 32.0 Å². The smallest absolute Gasteiger partial charge is 0.310 e. The zero-order valence-electron chi connectivity index (χ0n) is 9.80. The van der Waals surface area contributed by atoms with Crippen LogP contribution in [-0.2, 0) is 9.53 Å². The fourth-order valence-corrected chi connectivity index (χ4v) is 2.45. The van der Waals surface area contributed by atoms with Gasteiger partial charge in [-0.25, -0.2) is 0 Å².